The Bertz CT molecular complexity index is 3370. The number of aryl methyl sites for hydroxylation is 1. The van der Waals surface area contributed by atoms with E-state index in [9.17, 15) is 5.11 Å². The third-order valence-electron chi connectivity index (χ3n) is 12.8. The maximum atomic E-state index is 12.6. The van der Waals surface area contributed by atoms with Gasteiger partial charge in [-0.2, -0.15) is 0 Å². The summed E-state index contributed by atoms with van der Waals surface area (Å²) in [4.78, 5) is 10.5. The van der Waals surface area contributed by atoms with Gasteiger partial charge < -0.3 is 5.11 Å². The van der Waals surface area contributed by atoms with Crippen molar-refractivity contribution in [1.82, 2.24) is 14.5 Å². The number of imidazole rings is 1. The summed E-state index contributed by atoms with van der Waals surface area (Å²) in [6, 6.07) is 44.6. The average Bonchev–Trinajstić information content (AvgIpc) is 3.69. The number of aromatic nitrogens is 3. The SMILES string of the molecule is [2H]C([2H])([2H])c1cnc(-c2[c-]c(-c3cccc4c3nc(-c3cc(C(C)(C)C)cc(C(C)(C)C)c3O)n4-c3ccc(C(C)(C)C)cc3-c3ccccc3)cc(C(C)(C)C)c2)cc1-c1ccc(C([2H])([2H])C(C)(C)C)cc1.[Pt]. The molecule has 0 aliphatic rings. The van der Waals surface area contributed by atoms with Gasteiger partial charge in [0.1, 0.15) is 11.6 Å². The zero-order valence-electron chi connectivity index (χ0n) is 48.2. The van der Waals surface area contributed by atoms with Crippen LogP contribution in [0.4, 0.5) is 0 Å². The Hall–Kier alpha value is -5.57. The molecule has 0 radical (unpaired) electrons. The number of phenols is 1. The fraction of sp³-hybridized carbons (Fsp3) is 0.344. The summed E-state index contributed by atoms with van der Waals surface area (Å²) in [5.74, 6) is 0.803. The summed E-state index contributed by atoms with van der Waals surface area (Å²) in [5.41, 5.74) is 12.3. The first-order valence-corrected chi connectivity index (χ1v) is 24.0. The van der Waals surface area contributed by atoms with Gasteiger partial charge >= 0.3 is 0 Å². The minimum absolute atomic E-state index is 0. The molecule has 0 spiro atoms. The summed E-state index contributed by atoms with van der Waals surface area (Å²) in [7, 11) is 0. The number of aromatic hydroxyl groups is 1. The first kappa shape index (κ1) is 44.6. The van der Waals surface area contributed by atoms with E-state index < -0.39 is 18.6 Å². The number of nitrogens with zero attached hydrogens (tertiary/aromatic N) is 3. The molecule has 1 N–H and O–H groups in total. The molecule has 0 saturated heterocycles. The van der Waals surface area contributed by atoms with Gasteiger partial charge in [-0.1, -0.05) is 200 Å². The number of pyridine rings is 1. The molecule has 360 valence electrons. The van der Waals surface area contributed by atoms with Crippen LogP contribution >= 0.6 is 0 Å². The summed E-state index contributed by atoms with van der Waals surface area (Å²) >= 11 is 0. The molecule has 0 atom stereocenters. The molecule has 2 heterocycles. The van der Waals surface area contributed by atoms with Crippen LogP contribution in [-0.4, -0.2) is 19.6 Å². The molecule has 0 amide bonds. The summed E-state index contributed by atoms with van der Waals surface area (Å²) in [6.45, 7) is 29.3. The van der Waals surface area contributed by atoms with Crippen LogP contribution in [0.2, 0.25) is 0 Å². The van der Waals surface area contributed by atoms with Crippen LogP contribution in [-0.2, 0) is 49.1 Å². The van der Waals surface area contributed by atoms with E-state index in [4.69, 9.17) is 16.8 Å². The van der Waals surface area contributed by atoms with E-state index in [1.165, 1.54) is 11.8 Å². The van der Waals surface area contributed by atoms with Gasteiger partial charge in [0.05, 0.1) is 22.3 Å². The Balaban J connectivity index is 0.00000800. The van der Waals surface area contributed by atoms with Crippen LogP contribution in [0.15, 0.2) is 128 Å². The molecular weight excluding hydrogens is 1020 g/mol. The van der Waals surface area contributed by atoms with Crippen molar-refractivity contribution in [1.29, 1.82) is 0 Å². The summed E-state index contributed by atoms with van der Waals surface area (Å²) < 4.78 is 45.6. The molecule has 0 unspecified atom stereocenters. The van der Waals surface area contributed by atoms with Crippen LogP contribution in [0.1, 0.15) is 144 Å². The van der Waals surface area contributed by atoms with Crippen molar-refractivity contribution in [3.63, 3.8) is 0 Å². The van der Waals surface area contributed by atoms with Gasteiger partial charge in [-0.25, -0.2) is 4.98 Å². The standard InChI is InChI=1S/C64H72N3O.Pt/c1-40-39-65-54(37-50(40)43-27-25-41(26-28-43)38-60(2,3)4)45-31-44(32-47(33-45)62(8,9)10)49-23-20-24-56-57(49)66-59(52-35-48(63(11,12)13)36-53(58(52)68)64(14,15)16)67(56)55-30-29-46(61(5,6)7)34-51(55)42-21-18-17-19-22-42;/h17-30,32-37,39,68H,38H2,1-16H3;/q-1;/i1D3,38D2;. The third-order valence-corrected chi connectivity index (χ3v) is 12.8. The molecule has 0 bridgehead atoms. The number of hydrogen-bond donors (Lipinski definition) is 1. The molecular formula is C64H72N3OPt-. The maximum Gasteiger partial charge on any atom is 0.148 e. The molecule has 0 saturated carbocycles. The number of para-hydroxylation sites is 1. The summed E-state index contributed by atoms with van der Waals surface area (Å²) in [6.07, 6.45) is -0.168. The van der Waals surface area contributed by atoms with E-state index in [-0.39, 0.29) is 54.0 Å². The average molecular weight is 1100 g/mol. The fourth-order valence-corrected chi connectivity index (χ4v) is 8.89. The minimum atomic E-state index is -2.46. The van der Waals surface area contributed by atoms with Gasteiger partial charge in [-0.05, 0) is 104 Å². The number of fused-ring (bicyclic) bond motifs is 1. The van der Waals surface area contributed by atoms with Gasteiger partial charge in [0, 0.05) is 50.9 Å². The molecule has 6 aromatic carbocycles. The van der Waals surface area contributed by atoms with Crippen LogP contribution < -0.4 is 0 Å². The van der Waals surface area contributed by atoms with Crippen molar-refractivity contribution in [2.75, 3.05) is 0 Å². The van der Waals surface area contributed by atoms with E-state index >= 15 is 0 Å². The predicted molar refractivity (Wildman–Crippen MR) is 289 cm³/mol. The molecule has 0 fully saturated rings. The van der Waals surface area contributed by atoms with E-state index in [1.54, 1.807) is 12.1 Å². The smallest absolute Gasteiger partial charge is 0.148 e. The topological polar surface area (TPSA) is 50.9 Å². The van der Waals surface area contributed by atoms with Crippen LogP contribution in [0.25, 0.3) is 72.7 Å². The van der Waals surface area contributed by atoms with Gasteiger partial charge in [0.15, 0.2) is 0 Å². The Labute approximate surface area is 435 Å². The maximum absolute atomic E-state index is 12.6. The Kier molecular flexibility index (Phi) is 12.1. The molecule has 5 heteroatoms. The Morgan fingerprint density at radius 1 is 0.580 bits per heavy atom. The molecule has 2 aromatic heterocycles. The van der Waals surface area contributed by atoms with Crippen molar-refractivity contribution >= 4 is 11.0 Å². The number of phenolic OH excluding ortho intramolecular Hbond substituents is 1. The van der Waals surface area contributed by atoms with Gasteiger partial charge in [-0.15, -0.1) is 29.3 Å². The van der Waals surface area contributed by atoms with Crippen LogP contribution in [0.5, 0.6) is 5.75 Å². The first-order chi connectivity index (χ1) is 33.7. The van der Waals surface area contributed by atoms with Crippen molar-refractivity contribution in [3.8, 4) is 67.5 Å². The molecule has 0 aliphatic carbocycles. The zero-order valence-corrected chi connectivity index (χ0v) is 45.5. The van der Waals surface area contributed by atoms with Gasteiger partial charge in [-0.3, -0.25) is 9.55 Å². The molecule has 8 rings (SSSR count). The van der Waals surface area contributed by atoms with E-state index in [2.05, 4.69) is 179 Å². The van der Waals surface area contributed by atoms with Crippen LogP contribution in [0, 0.1) is 18.3 Å². The van der Waals surface area contributed by atoms with Crippen molar-refractivity contribution in [2.45, 2.75) is 139 Å². The molecule has 4 nitrogen and oxygen atoms in total. The largest absolute Gasteiger partial charge is 0.507 e. The number of hydrogen-bond acceptors (Lipinski definition) is 3. The van der Waals surface area contributed by atoms with E-state index in [0.29, 0.717) is 39.3 Å². The van der Waals surface area contributed by atoms with Crippen molar-refractivity contribution < 1.29 is 33.0 Å². The second-order valence-corrected chi connectivity index (χ2v) is 23.7. The number of benzene rings is 6. The molecule has 8 aromatic rings. The van der Waals surface area contributed by atoms with Crippen LogP contribution in [0.3, 0.4) is 0 Å². The second-order valence-electron chi connectivity index (χ2n) is 23.7. The first-order valence-electron chi connectivity index (χ1n) is 26.5. The summed E-state index contributed by atoms with van der Waals surface area (Å²) in [5, 5.41) is 12.6. The van der Waals surface area contributed by atoms with Gasteiger partial charge in [0.2, 0.25) is 0 Å². The van der Waals surface area contributed by atoms with E-state index in [0.717, 1.165) is 55.7 Å². The fourth-order valence-electron chi connectivity index (χ4n) is 8.89. The van der Waals surface area contributed by atoms with Crippen molar-refractivity contribution in [2.24, 2.45) is 5.41 Å². The second kappa shape index (κ2) is 18.6. The van der Waals surface area contributed by atoms with Gasteiger partial charge in [0.25, 0.3) is 0 Å². The zero-order chi connectivity index (χ0) is 53.6. The van der Waals surface area contributed by atoms with Crippen molar-refractivity contribution in [3.05, 3.63) is 167 Å². The quantitative estimate of drug-likeness (QED) is 0.162. The predicted octanol–water partition coefficient (Wildman–Crippen LogP) is 17.3. The molecule has 69 heavy (non-hydrogen) atoms. The Morgan fingerprint density at radius 3 is 1.80 bits per heavy atom. The Morgan fingerprint density at radius 2 is 1.19 bits per heavy atom. The third kappa shape index (κ3) is 10.8. The monoisotopic (exact) mass is 1100 g/mol. The normalized spacial score (nSPS) is 14.1. The van der Waals surface area contributed by atoms with E-state index in [1.807, 2.05) is 45.0 Å². The molecule has 0 aliphatic heterocycles. The minimum Gasteiger partial charge on any atom is -0.507 e. The number of rotatable bonds is 7.